The lowest BCUT2D eigenvalue weighted by molar-refractivity contribution is 0.451. The molecule has 1 fully saturated rings. The molecule has 2 rings (SSSR count). The van der Waals surface area contributed by atoms with Gasteiger partial charge >= 0.3 is 0 Å². The second-order valence-electron chi connectivity index (χ2n) is 4.10. The van der Waals surface area contributed by atoms with Crippen LogP contribution < -0.4 is 0 Å². The van der Waals surface area contributed by atoms with Gasteiger partial charge in [0.2, 0.25) is 0 Å². The summed E-state index contributed by atoms with van der Waals surface area (Å²) in [7, 11) is -1.67. The second-order valence-corrected chi connectivity index (χ2v) is 6.14. The number of likely N-dealkylation sites (N-methyl/N-ethyl adjacent to an activating group) is 1. The fraction of sp³-hybridized carbons (Fsp3) is 0.455. The van der Waals surface area contributed by atoms with Crippen molar-refractivity contribution in [1.82, 2.24) is 8.61 Å². The van der Waals surface area contributed by atoms with Gasteiger partial charge < -0.3 is 0 Å². The van der Waals surface area contributed by atoms with E-state index in [9.17, 15) is 12.8 Å². The van der Waals surface area contributed by atoms with E-state index < -0.39 is 10.2 Å². The van der Waals surface area contributed by atoms with Gasteiger partial charge in [-0.15, -0.1) is 0 Å². The number of nitrogens with zero attached hydrogens (tertiary/aromatic N) is 2. The Hall–Kier alpha value is -0.980. The summed E-state index contributed by atoms with van der Waals surface area (Å²) in [5.41, 5.74) is 0.941. The molecule has 1 saturated heterocycles. The van der Waals surface area contributed by atoms with Crippen molar-refractivity contribution in [2.75, 3.05) is 26.7 Å². The van der Waals surface area contributed by atoms with Crippen molar-refractivity contribution in [1.29, 1.82) is 0 Å². The molecule has 0 spiro atoms. The van der Waals surface area contributed by atoms with Crippen molar-refractivity contribution in [3.05, 3.63) is 35.6 Å². The highest BCUT2D eigenvalue weighted by Crippen LogP contribution is 2.14. The summed E-state index contributed by atoms with van der Waals surface area (Å²) in [5.74, 6) is -0.276. The maximum Gasteiger partial charge on any atom is 0.281 e. The van der Waals surface area contributed by atoms with Gasteiger partial charge in [-0.3, -0.25) is 0 Å². The largest absolute Gasteiger partial charge is 0.281 e. The van der Waals surface area contributed by atoms with Crippen LogP contribution in [0.2, 0.25) is 0 Å². The van der Waals surface area contributed by atoms with Gasteiger partial charge in [0.15, 0.2) is 0 Å². The van der Waals surface area contributed by atoms with Gasteiger partial charge in [-0.25, -0.2) is 4.39 Å². The lowest BCUT2D eigenvalue weighted by Crippen LogP contribution is -2.32. The molecule has 17 heavy (non-hydrogen) atoms. The fourth-order valence-electron chi connectivity index (χ4n) is 1.81. The molecule has 0 unspecified atom stereocenters. The van der Waals surface area contributed by atoms with Gasteiger partial charge in [0.05, 0.1) is 0 Å². The number of hydrogen-bond donors (Lipinski definition) is 0. The Balaban J connectivity index is 1.97. The average Bonchev–Trinajstić information content (AvgIpc) is 2.54. The monoisotopic (exact) mass is 258 g/mol. The molecule has 0 aromatic heterocycles. The maximum absolute atomic E-state index is 12.7. The molecule has 1 heterocycles. The Morgan fingerprint density at radius 3 is 2.41 bits per heavy atom. The van der Waals surface area contributed by atoms with E-state index in [1.807, 2.05) is 0 Å². The first-order valence-electron chi connectivity index (χ1n) is 5.46. The number of hydrogen-bond acceptors (Lipinski definition) is 2. The molecule has 94 valence electrons. The molecule has 0 N–H and O–H groups in total. The van der Waals surface area contributed by atoms with Crippen LogP contribution in [0.4, 0.5) is 4.39 Å². The van der Waals surface area contributed by atoms with Crippen molar-refractivity contribution in [2.24, 2.45) is 0 Å². The third kappa shape index (κ3) is 2.65. The quantitative estimate of drug-likeness (QED) is 0.807. The van der Waals surface area contributed by atoms with Gasteiger partial charge in [-0.05, 0) is 24.1 Å². The smallest absolute Gasteiger partial charge is 0.207 e. The summed E-state index contributed by atoms with van der Waals surface area (Å²) in [4.78, 5) is 0. The highest BCUT2D eigenvalue weighted by molar-refractivity contribution is 7.87. The molecule has 4 nitrogen and oxygen atoms in total. The third-order valence-electron chi connectivity index (χ3n) is 2.95. The first kappa shape index (κ1) is 12.5. The summed E-state index contributed by atoms with van der Waals surface area (Å²) in [6, 6.07) is 6.14. The Kier molecular flexibility index (Phi) is 3.46. The summed E-state index contributed by atoms with van der Waals surface area (Å²) in [6.45, 7) is 1.50. The van der Waals surface area contributed by atoms with Crippen LogP contribution in [0, 0.1) is 5.82 Å². The molecular weight excluding hydrogens is 243 g/mol. The van der Waals surface area contributed by atoms with Crippen LogP contribution >= 0.6 is 0 Å². The summed E-state index contributed by atoms with van der Waals surface area (Å²) in [5, 5.41) is 0. The van der Waals surface area contributed by atoms with Crippen LogP contribution in [0.5, 0.6) is 0 Å². The zero-order valence-electron chi connectivity index (χ0n) is 9.63. The second kappa shape index (κ2) is 4.72. The molecule has 1 aliphatic rings. The minimum Gasteiger partial charge on any atom is -0.207 e. The van der Waals surface area contributed by atoms with Crippen LogP contribution in [0.3, 0.4) is 0 Å². The predicted molar refractivity (Wildman–Crippen MR) is 63.2 cm³/mol. The predicted octanol–water partition coefficient (Wildman–Crippen LogP) is 0.860. The molecule has 0 bridgehead atoms. The van der Waals surface area contributed by atoms with E-state index in [2.05, 4.69) is 0 Å². The van der Waals surface area contributed by atoms with Crippen molar-refractivity contribution < 1.29 is 12.8 Å². The van der Waals surface area contributed by atoms with Crippen molar-refractivity contribution in [2.45, 2.75) is 6.42 Å². The van der Waals surface area contributed by atoms with Gasteiger partial charge in [-0.1, -0.05) is 12.1 Å². The van der Waals surface area contributed by atoms with E-state index in [-0.39, 0.29) is 5.82 Å². The van der Waals surface area contributed by atoms with Gasteiger partial charge in [0.1, 0.15) is 5.82 Å². The zero-order chi connectivity index (χ0) is 12.5. The van der Waals surface area contributed by atoms with Crippen LogP contribution in [0.1, 0.15) is 5.56 Å². The molecule has 0 saturated carbocycles. The first-order valence-corrected chi connectivity index (χ1v) is 6.86. The Morgan fingerprint density at radius 1 is 1.24 bits per heavy atom. The first-order chi connectivity index (χ1) is 8.00. The van der Waals surface area contributed by atoms with Crippen LogP contribution in [0.15, 0.2) is 24.3 Å². The van der Waals surface area contributed by atoms with E-state index in [1.54, 1.807) is 19.2 Å². The van der Waals surface area contributed by atoms with Crippen molar-refractivity contribution in [3.63, 3.8) is 0 Å². The summed E-state index contributed by atoms with van der Waals surface area (Å²) >= 11 is 0. The summed E-state index contributed by atoms with van der Waals surface area (Å²) in [6.07, 6.45) is 0.605. The van der Waals surface area contributed by atoms with Crippen LogP contribution in [-0.4, -0.2) is 43.7 Å². The van der Waals surface area contributed by atoms with Crippen molar-refractivity contribution >= 4 is 10.2 Å². The lowest BCUT2D eigenvalue weighted by atomic mass is 10.1. The van der Waals surface area contributed by atoms with E-state index in [0.29, 0.717) is 26.1 Å². The Bertz CT molecular complexity index is 487. The highest BCUT2D eigenvalue weighted by atomic mass is 32.2. The molecular formula is C11H15FN2O2S. The molecule has 0 radical (unpaired) electrons. The SMILES string of the molecule is CN1CCN(CCc2ccc(F)cc2)S1(=O)=O. The number of benzene rings is 1. The van der Waals surface area contributed by atoms with E-state index in [4.69, 9.17) is 0 Å². The zero-order valence-corrected chi connectivity index (χ0v) is 10.5. The average molecular weight is 258 g/mol. The minimum absolute atomic E-state index is 0.276. The fourth-order valence-corrected chi connectivity index (χ4v) is 3.15. The van der Waals surface area contributed by atoms with Crippen molar-refractivity contribution in [3.8, 4) is 0 Å². The minimum atomic E-state index is -3.25. The van der Waals surface area contributed by atoms with E-state index in [0.717, 1.165) is 5.56 Å². The molecule has 6 heteroatoms. The van der Waals surface area contributed by atoms with E-state index >= 15 is 0 Å². The standard InChI is InChI=1S/C11H15FN2O2S/c1-13-8-9-14(17(13,15)16)7-6-10-2-4-11(12)5-3-10/h2-5H,6-9H2,1H3. The Morgan fingerprint density at radius 2 is 1.88 bits per heavy atom. The molecule has 1 aromatic carbocycles. The summed E-state index contributed by atoms with van der Waals surface area (Å²) < 4.78 is 39.0. The molecule has 1 aliphatic heterocycles. The van der Waals surface area contributed by atoms with Gasteiger partial charge in [0.25, 0.3) is 10.2 Å². The number of halogens is 1. The molecule has 0 atom stereocenters. The van der Waals surface area contributed by atoms with Gasteiger partial charge in [-0.2, -0.15) is 17.0 Å². The number of rotatable bonds is 3. The normalized spacial score (nSPS) is 20.8. The topological polar surface area (TPSA) is 40.6 Å². The molecule has 0 aliphatic carbocycles. The van der Waals surface area contributed by atoms with Gasteiger partial charge in [0, 0.05) is 26.7 Å². The third-order valence-corrected chi connectivity index (χ3v) is 4.94. The molecule has 0 amide bonds. The Labute approximate surface area is 101 Å². The maximum atomic E-state index is 12.7. The van der Waals surface area contributed by atoms with E-state index in [1.165, 1.54) is 20.7 Å². The molecule has 1 aromatic rings. The van der Waals surface area contributed by atoms with Crippen LogP contribution in [-0.2, 0) is 16.6 Å². The van der Waals surface area contributed by atoms with Crippen LogP contribution in [0.25, 0.3) is 0 Å². The highest BCUT2D eigenvalue weighted by Gasteiger charge is 2.32. The lowest BCUT2D eigenvalue weighted by Gasteiger charge is -2.15.